The van der Waals surface area contributed by atoms with Crippen LogP contribution in [0, 0.1) is 4.77 Å². The zero-order valence-corrected chi connectivity index (χ0v) is 9.41. The van der Waals surface area contributed by atoms with Crippen molar-refractivity contribution in [2.24, 2.45) is 0 Å². The average Bonchev–Trinajstić information content (AvgIpc) is 2.84. The molecule has 2 fully saturated rings. The molecule has 5 nitrogen and oxygen atoms in total. The zero-order valence-electron chi connectivity index (χ0n) is 8.59. The lowest BCUT2D eigenvalue weighted by Crippen LogP contribution is -2.38. The third-order valence-electron chi connectivity index (χ3n) is 3.65. The Kier molecular flexibility index (Phi) is 2.32. The molecule has 15 heavy (non-hydrogen) atoms. The maximum absolute atomic E-state index is 5.13. The van der Waals surface area contributed by atoms with Crippen LogP contribution in [0.15, 0.2) is 0 Å². The van der Waals surface area contributed by atoms with Gasteiger partial charge < -0.3 is 4.90 Å². The minimum atomic E-state index is 0.479. The monoisotopic (exact) mass is 225 g/mol. The second-order valence-electron chi connectivity index (χ2n) is 4.46. The molecule has 1 aromatic heterocycles. The summed E-state index contributed by atoms with van der Waals surface area (Å²) >= 11 is 5.13. The molecular weight excluding hydrogens is 210 g/mol. The zero-order chi connectivity index (χ0) is 10.3. The van der Waals surface area contributed by atoms with Gasteiger partial charge >= 0.3 is 0 Å². The molecule has 3 heterocycles. The van der Waals surface area contributed by atoms with Crippen LogP contribution in [0.25, 0.3) is 0 Å². The Morgan fingerprint density at radius 3 is 3.00 bits per heavy atom. The van der Waals surface area contributed by atoms with Crippen molar-refractivity contribution in [1.82, 2.24) is 25.1 Å². The highest BCUT2D eigenvalue weighted by Crippen LogP contribution is 2.32. The lowest BCUT2D eigenvalue weighted by atomic mass is 9.98. The van der Waals surface area contributed by atoms with Gasteiger partial charge in [-0.1, -0.05) is 10.3 Å². The molecule has 1 N–H and O–H groups in total. The summed E-state index contributed by atoms with van der Waals surface area (Å²) in [5.41, 5.74) is 0. The SMILES string of the molecule is S=c1nn[nH]n1C1CCN2CCCC2C1. The van der Waals surface area contributed by atoms with E-state index in [-0.39, 0.29) is 0 Å². The maximum atomic E-state index is 5.13. The number of fused-ring (bicyclic) bond motifs is 1. The van der Waals surface area contributed by atoms with E-state index >= 15 is 0 Å². The molecule has 0 aliphatic carbocycles. The van der Waals surface area contributed by atoms with Crippen molar-refractivity contribution in [2.75, 3.05) is 13.1 Å². The van der Waals surface area contributed by atoms with Crippen LogP contribution in [0.5, 0.6) is 0 Å². The van der Waals surface area contributed by atoms with Gasteiger partial charge in [-0.25, -0.2) is 4.68 Å². The Bertz CT molecular complexity index is 397. The first-order chi connectivity index (χ1) is 7.34. The number of nitrogens with one attached hydrogen (secondary N) is 1. The largest absolute Gasteiger partial charge is 0.300 e. The number of tetrazole rings is 1. The topological polar surface area (TPSA) is 49.7 Å². The van der Waals surface area contributed by atoms with E-state index in [4.69, 9.17) is 12.2 Å². The van der Waals surface area contributed by atoms with E-state index in [9.17, 15) is 0 Å². The first-order valence-corrected chi connectivity index (χ1v) is 5.99. The number of aromatic nitrogens is 4. The lowest BCUT2D eigenvalue weighted by molar-refractivity contribution is 0.147. The van der Waals surface area contributed by atoms with Crippen LogP contribution in [-0.4, -0.2) is 44.2 Å². The van der Waals surface area contributed by atoms with Gasteiger partial charge in [0.1, 0.15) is 0 Å². The van der Waals surface area contributed by atoms with Crippen molar-refractivity contribution in [1.29, 1.82) is 0 Å². The highest BCUT2D eigenvalue weighted by Gasteiger charge is 2.32. The fraction of sp³-hybridized carbons (Fsp3) is 0.889. The molecule has 0 spiro atoms. The van der Waals surface area contributed by atoms with Crippen LogP contribution in [0.2, 0.25) is 0 Å². The molecule has 0 saturated carbocycles. The van der Waals surface area contributed by atoms with Crippen molar-refractivity contribution >= 4 is 12.2 Å². The molecule has 0 bridgehead atoms. The van der Waals surface area contributed by atoms with E-state index in [0.29, 0.717) is 10.8 Å². The van der Waals surface area contributed by atoms with Crippen molar-refractivity contribution in [3.05, 3.63) is 4.77 Å². The fourth-order valence-electron chi connectivity index (χ4n) is 2.88. The van der Waals surface area contributed by atoms with Gasteiger partial charge in [0.05, 0.1) is 6.04 Å². The molecule has 0 amide bonds. The summed E-state index contributed by atoms with van der Waals surface area (Å²) in [7, 11) is 0. The number of hydrogen-bond acceptors (Lipinski definition) is 4. The molecular formula is C9H15N5S. The Morgan fingerprint density at radius 2 is 2.20 bits per heavy atom. The third-order valence-corrected chi connectivity index (χ3v) is 3.93. The summed E-state index contributed by atoms with van der Waals surface area (Å²) in [4.78, 5) is 2.60. The molecule has 6 heteroatoms. The molecule has 0 aromatic carbocycles. The Morgan fingerprint density at radius 1 is 1.27 bits per heavy atom. The van der Waals surface area contributed by atoms with Crippen molar-refractivity contribution in [2.45, 2.75) is 37.8 Å². The first-order valence-electron chi connectivity index (χ1n) is 5.58. The predicted octanol–water partition coefficient (Wildman–Crippen LogP) is 1.13. The molecule has 2 atom stereocenters. The van der Waals surface area contributed by atoms with E-state index in [1.54, 1.807) is 0 Å². The quantitative estimate of drug-likeness (QED) is 0.728. The summed E-state index contributed by atoms with van der Waals surface area (Å²) in [5, 5.41) is 10.5. The van der Waals surface area contributed by atoms with Crippen molar-refractivity contribution in [3.8, 4) is 0 Å². The summed E-state index contributed by atoms with van der Waals surface area (Å²) in [5.74, 6) is 0. The van der Waals surface area contributed by atoms with E-state index in [2.05, 4.69) is 20.4 Å². The first kappa shape index (κ1) is 9.47. The number of nitrogens with zero attached hydrogens (tertiary/aromatic N) is 4. The maximum Gasteiger partial charge on any atom is 0.238 e. The van der Waals surface area contributed by atoms with E-state index in [0.717, 1.165) is 12.5 Å². The van der Waals surface area contributed by atoms with E-state index in [1.165, 1.54) is 32.4 Å². The number of rotatable bonds is 1. The van der Waals surface area contributed by atoms with Crippen molar-refractivity contribution in [3.63, 3.8) is 0 Å². The predicted molar refractivity (Wildman–Crippen MR) is 58.1 cm³/mol. The molecule has 2 unspecified atom stereocenters. The highest BCUT2D eigenvalue weighted by atomic mass is 32.1. The molecule has 0 radical (unpaired) electrons. The summed E-state index contributed by atoms with van der Waals surface area (Å²) in [6.45, 7) is 2.47. The molecule has 3 rings (SSSR count). The smallest absolute Gasteiger partial charge is 0.238 e. The summed E-state index contributed by atoms with van der Waals surface area (Å²) in [6.07, 6.45) is 5.04. The normalized spacial score (nSPS) is 31.7. The van der Waals surface area contributed by atoms with E-state index in [1.807, 2.05) is 4.68 Å². The number of aromatic amines is 1. The number of piperidine rings is 1. The lowest BCUT2D eigenvalue weighted by Gasteiger charge is -2.34. The number of H-pyrrole nitrogens is 1. The fourth-order valence-corrected chi connectivity index (χ4v) is 3.11. The van der Waals surface area contributed by atoms with Crippen LogP contribution >= 0.6 is 12.2 Å². The Hall–Kier alpha value is -0.750. The minimum Gasteiger partial charge on any atom is -0.300 e. The molecule has 2 aliphatic rings. The van der Waals surface area contributed by atoms with Gasteiger partial charge in [0.25, 0.3) is 0 Å². The minimum absolute atomic E-state index is 0.479. The van der Waals surface area contributed by atoms with Crippen LogP contribution in [-0.2, 0) is 0 Å². The van der Waals surface area contributed by atoms with Gasteiger partial charge in [-0.2, -0.15) is 5.21 Å². The second kappa shape index (κ2) is 3.68. The average molecular weight is 225 g/mol. The molecule has 82 valence electrons. The van der Waals surface area contributed by atoms with Crippen LogP contribution < -0.4 is 0 Å². The van der Waals surface area contributed by atoms with Crippen molar-refractivity contribution < 1.29 is 0 Å². The van der Waals surface area contributed by atoms with Crippen LogP contribution in [0.3, 0.4) is 0 Å². The molecule has 1 aromatic rings. The standard InChI is InChI=1S/C9H15N5S/c15-9-10-11-12-14(9)8-3-5-13-4-1-2-7(13)6-8/h7-8H,1-6H2,(H,10,12,15). The van der Waals surface area contributed by atoms with Gasteiger partial charge in [-0.15, -0.1) is 0 Å². The van der Waals surface area contributed by atoms with Gasteiger partial charge in [0.2, 0.25) is 4.77 Å². The molecule has 2 aliphatic heterocycles. The Labute approximate surface area is 93.4 Å². The summed E-state index contributed by atoms with van der Waals surface area (Å²) in [6, 6.07) is 1.24. The van der Waals surface area contributed by atoms with Gasteiger partial charge in [-0.05, 0) is 44.4 Å². The van der Waals surface area contributed by atoms with Gasteiger partial charge in [-0.3, -0.25) is 0 Å². The Balaban J connectivity index is 1.79. The third kappa shape index (κ3) is 1.61. The van der Waals surface area contributed by atoms with E-state index < -0.39 is 0 Å². The molecule has 2 saturated heterocycles. The van der Waals surface area contributed by atoms with Crippen LogP contribution in [0.4, 0.5) is 0 Å². The number of hydrogen-bond donors (Lipinski definition) is 1. The highest BCUT2D eigenvalue weighted by molar-refractivity contribution is 7.71. The van der Waals surface area contributed by atoms with Crippen LogP contribution in [0.1, 0.15) is 31.7 Å². The van der Waals surface area contributed by atoms with Gasteiger partial charge in [0.15, 0.2) is 0 Å². The van der Waals surface area contributed by atoms with Gasteiger partial charge in [0, 0.05) is 12.6 Å². The summed E-state index contributed by atoms with van der Waals surface area (Å²) < 4.78 is 2.54. The second-order valence-corrected chi connectivity index (χ2v) is 4.83.